The van der Waals surface area contributed by atoms with Crippen LogP contribution < -0.4 is 10.6 Å². The lowest BCUT2D eigenvalue weighted by atomic mass is 9.79. The molecule has 2 saturated heterocycles. The van der Waals surface area contributed by atoms with Crippen molar-refractivity contribution in [3.05, 3.63) is 24.2 Å². The summed E-state index contributed by atoms with van der Waals surface area (Å²) in [6.07, 6.45) is 4.51. The quantitative estimate of drug-likeness (QED) is 0.629. The molecule has 1 aromatic rings. The van der Waals surface area contributed by atoms with Gasteiger partial charge in [-0.2, -0.15) is 0 Å². The van der Waals surface area contributed by atoms with Crippen molar-refractivity contribution < 1.29 is 9.21 Å². The molecule has 6 nitrogen and oxygen atoms in total. The van der Waals surface area contributed by atoms with Crippen LogP contribution in [0, 0.1) is 5.41 Å². The summed E-state index contributed by atoms with van der Waals surface area (Å²) in [5, 5.41) is 6.31. The van der Waals surface area contributed by atoms with Gasteiger partial charge < -0.3 is 20.0 Å². The van der Waals surface area contributed by atoms with E-state index in [2.05, 4.69) is 20.5 Å². The summed E-state index contributed by atoms with van der Waals surface area (Å²) in [6.45, 7) is 3.27. The first-order valence-corrected chi connectivity index (χ1v) is 7.45. The Bertz CT molecular complexity index is 526. The van der Waals surface area contributed by atoms with E-state index >= 15 is 0 Å². The minimum absolute atomic E-state index is 0.0810. The molecule has 2 N–H and O–H groups in total. The van der Waals surface area contributed by atoms with Crippen LogP contribution in [0.5, 0.6) is 0 Å². The fourth-order valence-corrected chi connectivity index (χ4v) is 3.34. The van der Waals surface area contributed by atoms with Gasteiger partial charge in [-0.3, -0.25) is 9.79 Å². The fourth-order valence-electron chi connectivity index (χ4n) is 3.34. The van der Waals surface area contributed by atoms with E-state index in [0.717, 1.165) is 44.2 Å². The second kappa shape index (κ2) is 5.79. The molecule has 1 atom stereocenters. The second-order valence-electron chi connectivity index (χ2n) is 5.96. The lowest BCUT2D eigenvalue weighted by molar-refractivity contribution is -0.119. The predicted octanol–water partition coefficient (Wildman–Crippen LogP) is 0.957. The van der Waals surface area contributed by atoms with Crippen LogP contribution in [-0.4, -0.2) is 43.4 Å². The normalized spacial score (nSPS) is 26.2. The molecule has 0 bridgehead atoms. The Morgan fingerprint density at radius 2 is 2.52 bits per heavy atom. The highest BCUT2D eigenvalue weighted by atomic mass is 16.3. The van der Waals surface area contributed by atoms with Gasteiger partial charge in [0.15, 0.2) is 5.96 Å². The summed E-state index contributed by atoms with van der Waals surface area (Å²) in [4.78, 5) is 18.2. The molecule has 3 heterocycles. The Kier molecular flexibility index (Phi) is 3.86. The average Bonchev–Trinajstić information content (AvgIpc) is 3.11. The van der Waals surface area contributed by atoms with Crippen molar-refractivity contribution in [3.8, 4) is 0 Å². The molecule has 21 heavy (non-hydrogen) atoms. The molecule has 0 radical (unpaired) electrons. The largest absolute Gasteiger partial charge is 0.467 e. The van der Waals surface area contributed by atoms with Crippen LogP contribution in [0.15, 0.2) is 27.8 Å². The van der Waals surface area contributed by atoms with Crippen LogP contribution >= 0.6 is 0 Å². The zero-order chi connectivity index (χ0) is 14.7. The third-order valence-corrected chi connectivity index (χ3v) is 4.37. The predicted molar refractivity (Wildman–Crippen MR) is 79.8 cm³/mol. The van der Waals surface area contributed by atoms with Crippen molar-refractivity contribution in [2.45, 2.75) is 25.8 Å². The smallest absolute Gasteiger partial charge is 0.220 e. The number of likely N-dealkylation sites (tertiary alicyclic amines) is 1. The van der Waals surface area contributed by atoms with Crippen molar-refractivity contribution >= 4 is 11.9 Å². The maximum Gasteiger partial charge on any atom is 0.220 e. The van der Waals surface area contributed by atoms with Crippen LogP contribution in [0.25, 0.3) is 0 Å². The molecular weight excluding hydrogens is 268 g/mol. The molecule has 1 amide bonds. The van der Waals surface area contributed by atoms with Crippen molar-refractivity contribution in [1.82, 2.24) is 15.5 Å². The Labute approximate surface area is 124 Å². The topological polar surface area (TPSA) is 69.9 Å². The summed E-state index contributed by atoms with van der Waals surface area (Å²) in [7, 11) is 1.80. The molecule has 0 aliphatic carbocycles. The number of furan rings is 1. The number of carbonyl (C=O) groups is 1. The van der Waals surface area contributed by atoms with E-state index in [1.807, 2.05) is 12.1 Å². The van der Waals surface area contributed by atoms with Gasteiger partial charge in [0.1, 0.15) is 5.76 Å². The molecule has 6 heteroatoms. The first kappa shape index (κ1) is 14.0. The summed E-state index contributed by atoms with van der Waals surface area (Å²) in [6, 6.07) is 3.82. The monoisotopic (exact) mass is 290 g/mol. The van der Waals surface area contributed by atoms with Gasteiger partial charge in [-0.05, 0) is 25.0 Å². The highest BCUT2D eigenvalue weighted by Crippen LogP contribution is 2.35. The van der Waals surface area contributed by atoms with E-state index in [9.17, 15) is 4.79 Å². The van der Waals surface area contributed by atoms with E-state index in [4.69, 9.17) is 4.42 Å². The molecule has 1 spiro atoms. The lowest BCUT2D eigenvalue weighted by Crippen LogP contribution is -2.51. The summed E-state index contributed by atoms with van der Waals surface area (Å²) < 4.78 is 5.33. The van der Waals surface area contributed by atoms with Gasteiger partial charge in [-0.1, -0.05) is 0 Å². The molecule has 2 fully saturated rings. The number of piperidine rings is 1. The van der Waals surface area contributed by atoms with E-state index in [0.29, 0.717) is 13.0 Å². The Hall–Kier alpha value is -1.98. The number of hydrogen-bond acceptors (Lipinski definition) is 3. The van der Waals surface area contributed by atoms with E-state index in [-0.39, 0.29) is 11.3 Å². The highest BCUT2D eigenvalue weighted by molar-refractivity contribution is 5.81. The number of rotatable bonds is 2. The summed E-state index contributed by atoms with van der Waals surface area (Å²) >= 11 is 0. The second-order valence-corrected chi connectivity index (χ2v) is 5.96. The number of nitrogens with one attached hydrogen (secondary N) is 2. The maximum absolute atomic E-state index is 11.6. The standard InChI is InChI=1S/C15H22N4O2/c1-16-14(17-9-12-4-2-7-21-12)19-6-3-5-15(11-19)8-13(20)18-10-15/h2,4,7H,3,5-6,8-11H2,1H3,(H,16,17)(H,18,20). The Balaban J connectivity index is 1.62. The van der Waals surface area contributed by atoms with Crippen molar-refractivity contribution in [1.29, 1.82) is 0 Å². The fraction of sp³-hybridized carbons (Fsp3) is 0.600. The van der Waals surface area contributed by atoms with Gasteiger partial charge in [0.05, 0.1) is 12.8 Å². The van der Waals surface area contributed by atoms with Crippen molar-refractivity contribution in [2.75, 3.05) is 26.7 Å². The third kappa shape index (κ3) is 3.04. The van der Waals surface area contributed by atoms with Crippen LogP contribution in [-0.2, 0) is 11.3 Å². The number of guanidine groups is 1. The van der Waals surface area contributed by atoms with Gasteiger partial charge in [-0.15, -0.1) is 0 Å². The van der Waals surface area contributed by atoms with Crippen LogP contribution in [0.4, 0.5) is 0 Å². The van der Waals surface area contributed by atoms with Gasteiger partial charge in [0.25, 0.3) is 0 Å². The van der Waals surface area contributed by atoms with Gasteiger partial charge >= 0.3 is 0 Å². The summed E-state index contributed by atoms with van der Waals surface area (Å²) in [5.74, 6) is 1.95. The zero-order valence-electron chi connectivity index (χ0n) is 12.4. The highest BCUT2D eigenvalue weighted by Gasteiger charge is 2.42. The average molecular weight is 290 g/mol. The molecule has 114 valence electrons. The van der Waals surface area contributed by atoms with E-state index < -0.39 is 0 Å². The van der Waals surface area contributed by atoms with Crippen LogP contribution in [0.2, 0.25) is 0 Å². The molecule has 1 unspecified atom stereocenters. The van der Waals surface area contributed by atoms with Gasteiger partial charge in [-0.25, -0.2) is 0 Å². The number of aliphatic imine (C=N–C) groups is 1. The first-order valence-electron chi connectivity index (χ1n) is 7.45. The number of carbonyl (C=O) groups excluding carboxylic acids is 1. The number of nitrogens with zero attached hydrogens (tertiary/aromatic N) is 2. The van der Waals surface area contributed by atoms with Gasteiger partial charge in [0.2, 0.25) is 5.91 Å². The van der Waals surface area contributed by atoms with Crippen LogP contribution in [0.1, 0.15) is 25.0 Å². The molecule has 3 rings (SSSR count). The van der Waals surface area contributed by atoms with Crippen molar-refractivity contribution in [2.24, 2.45) is 10.4 Å². The van der Waals surface area contributed by atoms with Gasteiger partial charge in [0, 0.05) is 38.5 Å². The van der Waals surface area contributed by atoms with E-state index in [1.165, 1.54) is 0 Å². The Morgan fingerprint density at radius 1 is 1.62 bits per heavy atom. The SMILES string of the molecule is CN=C(NCc1ccco1)N1CCCC2(CNC(=O)C2)C1. The minimum atomic E-state index is 0.0810. The number of amides is 1. The van der Waals surface area contributed by atoms with E-state index in [1.54, 1.807) is 13.3 Å². The summed E-state index contributed by atoms with van der Waals surface area (Å²) in [5.41, 5.74) is 0.0810. The minimum Gasteiger partial charge on any atom is -0.467 e. The third-order valence-electron chi connectivity index (χ3n) is 4.37. The Morgan fingerprint density at radius 3 is 3.19 bits per heavy atom. The maximum atomic E-state index is 11.6. The first-order chi connectivity index (χ1) is 10.2. The molecule has 0 aromatic carbocycles. The van der Waals surface area contributed by atoms with Crippen molar-refractivity contribution in [3.63, 3.8) is 0 Å². The number of hydrogen-bond donors (Lipinski definition) is 2. The molecule has 2 aliphatic rings. The van der Waals surface area contributed by atoms with Crippen LogP contribution in [0.3, 0.4) is 0 Å². The lowest BCUT2D eigenvalue weighted by Gasteiger charge is -2.40. The zero-order valence-corrected chi connectivity index (χ0v) is 12.4. The molecular formula is C15H22N4O2. The molecule has 0 saturated carbocycles. The molecule has 1 aromatic heterocycles. The molecule has 2 aliphatic heterocycles.